The number of rotatable bonds is 5. The molecular formula is C16H29F3IN5O3S. The van der Waals surface area contributed by atoms with Gasteiger partial charge in [0.25, 0.3) is 0 Å². The maximum Gasteiger partial charge on any atom is 0.511 e. The predicted molar refractivity (Wildman–Crippen MR) is 114 cm³/mol. The minimum absolute atomic E-state index is 0. The third-order valence-corrected chi connectivity index (χ3v) is 6.80. The van der Waals surface area contributed by atoms with E-state index in [2.05, 4.69) is 15.6 Å². The van der Waals surface area contributed by atoms with Crippen molar-refractivity contribution in [2.24, 2.45) is 10.9 Å². The number of guanidine groups is 1. The second kappa shape index (κ2) is 11.0. The van der Waals surface area contributed by atoms with Gasteiger partial charge in [0.05, 0.1) is 0 Å². The van der Waals surface area contributed by atoms with E-state index in [9.17, 15) is 26.4 Å². The van der Waals surface area contributed by atoms with Gasteiger partial charge in [-0.05, 0) is 25.2 Å². The molecule has 1 unspecified atom stereocenters. The van der Waals surface area contributed by atoms with Crippen LogP contribution in [0.4, 0.5) is 13.2 Å². The van der Waals surface area contributed by atoms with E-state index in [0.717, 1.165) is 6.42 Å². The fourth-order valence-electron chi connectivity index (χ4n) is 3.46. The Kier molecular flexibility index (Phi) is 9.92. The molecule has 2 heterocycles. The van der Waals surface area contributed by atoms with Crippen LogP contribution >= 0.6 is 24.0 Å². The van der Waals surface area contributed by atoms with Gasteiger partial charge in [0, 0.05) is 52.2 Å². The van der Waals surface area contributed by atoms with Gasteiger partial charge < -0.3 is 15.5 Å². The zero-order valence-electron chi connectivity index (χ0n) is 16.5. The Morgan fingerprint density at radius 2 is 1.79 bits per heavy atom. The number of piperidine rings is 1. The van der Waals surface area contributed by atoms with Crippen molar-refractivity contribution in [1.82, 2.24) is 19.8 Å². The van der Waals surface area contributed by atoms with Crippen LogP contribution in [-0.2, 0) is 14.8 Å². The minimum atomic E-state index is -5.25. The Balaban J connectivity index is 0.00000420. The van der Waals surface area contributed by atoms with Crippen molar-refractivity contribution in [2.75, 3.05) is 39.8 Å². The van der Waals surface area contributed by atoms with E-state index >= 15 is 0 Å². The molecule has 2 saturated heterocycles. The highest BCUT2D eigenvalue weighted by Gasteiger charge is 2.50. The van der Waals surface area contributed by atoms with Crippen LogP contribution in [0.15, 0.2) is 4.99 Å². The highest BCUT2D eigenvalue weighted by molar-refractivity contribution is 14.0. The van der Waals surface area contributed by atoms with Gasteiger partial charge in [-0.15, -0.1) is 24.0 Å². The second-order valence-electron chi connectivity index (χ2n) is 7.07. The number of alkyl halides is 3. The van der Waals surface area contributed by atoms with Crippen molar-refractivity contribution >= 4 is 45.9 Å². The summed E-state index contributed by atoms with van der Waals surface area (Å²) in [4.78, 5) is 17.7. The summed E-state index contributed by atoms with van der Waals surface area (Å²) in [5.74, 6) is 0.744. The number of sulfonamides is 1. The van der Waals surface area contributed by atoms with Gasteiger partial charge in [0.15, 0.2) is 5.96 Å². The number of nitrogens with one attached hydrogen (secondary N) is 2. The molecule has 2 N–H and O–H groups in total. The topological polar surface area (TPSA) is 94.1 Å². The molecule has 2 rings (SSSR count). The van der Waals surface area contributed by atoms with E-state index in [-0.39, 0.29) is 54.9 Å². The van der Waals surface area contributed by atoms with Crippen LogP contribution in [0.2, 0.25) is 0 Å². The number of amides is 1. The Morgan fingerprint density at radius 3 is 2.31 bits per heavy atom. The first kappa shape index (κ1) is 26.2. The van der Waals surface area contributed by atoms with E-state index < -0.39 is 15.5 Å². The van der Waals surface area contributed by atoms with E-state index in [1.807, 2.05) is 11.8 Å². The fourth-order valence-corrected chi connectivity index (χ4v) is 4.44. The molecule has 0 aliphatic carbocycles. The third-order valence-electron chi connectivity index (χ3n) is 5.17. The molecule has 0 radical (unpaired) electrons. The number of hydrogen-bond donors (Lipinski definition) is 2. The molecule has 2 fully saturated rings. The summed E-state index contributed by atoms with van der Waals surface area (Å²) in [7, 11) is -3.62. The number of carbonyl (C=O) groups is 1. The number of carbonyl (C=O) groups excluding carboxylic acids is 1. The number of halogens is 4. The van der Waals surface area contributed by atoms with Gasteiger partial charge in [-0.2, -0.15) is 17.5 Å². The van der Waals surface area contributed by atoms with Crippen molar-refractivity contribution in [3.8, 4) is 0 Å². The normalized spacial score (nSPS) is 22.3. The maximum absolute atomic E-state index is 12.6. The molecule has 0 aromatic carbocycles. The lowest BCUT2D eigenvalue weighted by Crippen LogP contribution is -2.49. The molecule has 2 aliphatic rings. The van der Waals surface area contributed by atoms with Crippen LogP contribution in [0.1, 0.15) is 32.6 Å². The zero-order chi connectivity index (χ0) is 20.9. The molecule has 29 heavy (non-hydrogen) atoms. The maximum atomic E-state index is 12.6. The molecule has 8 nitrogen and oxygen atoms in total. The molecule has 0 spiro atoms. The highest BCUT2D eigenvalue weighted by Crippen LogP contribution is 2.30. The average Bonchev–Trinajstić information content (AvgIpc) is 3.12. The van der Waals surface area contributed by atoms with Crippen LogP contribution < -0.4 is 10.6 Å². The summed E-state index contributed by atoms with van der Waals surface area (Å²) < 4.78 is 61.3. The van der Waals surface area contributed by atoms with Gasteiger partial charge in [0.2, 0.25) is 5.91 Å². The monoisotopic (exact) mass is 555 g/mol. The number of likely N-dealkylation sites (tertiary alicyclic amines) is 1. The Labute approximate surface area is 186 Å². The summed E-state index contributed by atoms with van der Waals surface area (Å²) in [6.07, 6.45) is 1.99. The standard InChI is InChI=1S/C16H28F3N5O3S.HI/c1-3-14(25)23-7-6-13(11-23)22-15(20-2)21-10-12-4-8-24(9-5-12)28(26,27)16(17,18)19;/h12-13H,3-11H2,1-2H3,(H2,20,21,22);1H. The largest absolute Gasteiger partial charge is 0.511 e. The van der Waals surface area contributed by atoms with Crippen molar-refractivity contribution in [2.45, 2.75) is 44.2 Å². The van der Waals surface area contributed by atoms with Gasteiger partial charge in [-0.3, -0.25) is 9.79 Å². The molecule has 1 amide bonds. The fraction of sp³-hybridized carbons (Fsp3) is 0.875. The van der Waals surface area contributed by atoms with Crippen molar-refractivity contribution < 1.29 is 26.4 Å². The lowest BCUT2D eigenvalue weighted by molar-refractivity contribution is -0.129. The molecular weight excluding hydrogens is 526 g/mol. The summed E-state index contributed by atoms with van der Waals surface area (Å²) in [6.45, 7) is 3.35. The number of hydrogen-bond acceptors (Lipinski definition) is 4. The summed E-state index contributed by atoms with van der Waals surface area (Å²) >= 11 is 0. The Morgan fingerprint density at radius 1 is 1.17 bits per heavy atom. The first-order valence-electron chi connectivity index (χ1n) is 9.39. The first-order valence-corrected chi connectivity index (χ1v) is 10.8. The SMILES string of the molecule is CCC(=O)N1CCC(NC(=NC)NCC2CCN(S(=O)(=O)C(F)(F)F)CC2)C1.I. The van der Waals surface area contributed by atoms with Crippen LogP contribution in [0.3, 0.4) is 0 Å². The lowest BCUT2D eigenvalue weighted by atomic mass is 9.98. The highest BCUT2D eigenvalue weighted by atomic mass is 127. The predicted octanol–water partition coefficient (Wildman–Crippen LogP) is 1.34. The molecule has 0 aromatic rings. The van der Waals surface area contributed by atoms with Gasteiger partial charge in [-0.25, -0.2) is 8.42 Å². The first-order chi connectivity index (χ1) is 13.1. The zero-order valence-corrected chi connectivity index (χ0v) is 19.7. The van der Waals surface area contributed by atoms with Crippen molar-refractivity contribution in [3.05, 3.63) is 0 Å². The Hall–Kier alpha value is -0.830. The van der Waals surface area contributed by atoms with Crippen LogP contribution in [0.5, 0.6) is 0 Å². The van der Waals surface area contributed by atoms with Gasteiger partial charge >= 0.3 is 15.5 Å². The quantitative estimate of drug-likeness (QED) is 0.304. The van der Waals surface area contributed by atoms with E-state index in [0.29, 0.717) is 49.2 Å². The Bertz CT molecular complexity index is 682. The van der Waals surface area contributed by atoms with E-state index in [4.69, 9.17) is 0 Å². The van der Waals surface area contributed by atoms with Crippen LogP contribution in [0.25, 0.3) is 0 Å². The van der Waals surface area contributed by atoms with E-state index in [1.54, 1.807) is 7.05 Å². The smallest absolute Gasteiger partial charge is 0.356 e. The molecule has 1 atom stereocenters. The third kappa shape index (κ3) is 6.84. The molecule has 170 valence electrons. The van der Waals surface area contributed by atoms with Crippen LogP contribution in [-0.4, -0.2) is 80.8 Å². The number of nitrogens with zero attached hydrogens (tertiary/aromatic N) is 3. The van der Waals surface area contributed by atoms with Crippen molar-refractivity contribution in [3.63, 3.8) is 0 Å². The van der Waals surface area contributed by atoms with Crippen molar-refractivity contribution in [1.29, 1.82) is 0 Å². The number of aliphatic imine (C=N–C) groups is 1. The lowest BCUT2D eigenvalue weighted by Gasteiger charge is -2.32. The second-order valence-corrected chi connectivity index (χ2v) is 9.00. The summed E-state index contributed by atoms with van der Waals surface area (Å²) in [5.41, 5.74) is -5.25. The van der Waals surface area contributed by atoms with Gasteiger partial charge in [0.1, 0.15) is 0 Å². The molecule has 0 saturated carbocycles. The molecule has 0 aromatic heterocycles. The van der Waals surface area contributed by atoms with E-state index in [1.165, 1.54) is 0 Å². The minimum Gasteiger partial charge on any atom is -0.356 e. The van der Waals surface area contributed by atoms with Crippen LogP contribution in [0, 0.1) is 5.92 Å². The molecule has 2 aliphatic heterocycles. The summed E-state index contributed by atoms with van der Waals surface area (Å²) in [5, 5.41) is 6.41. The molecule has 0 bridgehead atoms. The molecule has 13 heteroatoms. The van der Waals surface area contributed by atoms with Gasteiger partial charge in [-0.1, -0.05) is 6.92 Å². The average molecular weight is 555 g/mol. The summed E-state index contributed by atoms with van der Waals surface area (Å²) in [6, 6.07) is 0.0977.